The largest absolute Gasteiger partial charge is 0.329 e. The topological polar surface area (TPSA) is 29.3 Å². The van der Waals surface area contributed by atoms with Gasteiger partial charge in [-0.15, -0.1) is 12.4 Å². The SMILES string of the molecule is Cc1ccc(CN2CCCC2CN)cc1Br.Cl. The van der Waals surface area contributed by atoms with Gasteiger partial charge >= 0.3 is 0 Å². The minimum Gasteiger partial charge on any atom is -0.329 e. The minimum atomic E-state index is 0. The summed E-state index contributed by atoms with van der Waals surface area (Å²) in [4.78, 5) is 2.50. The Morgan fingerprint density at radius 3 is 2.88 bits per heavy atom. The van der Waals surface area contributed by atoms with Crippen molar-refractivity contribution in [3.8, 4) is 0 Å². The molecule has 0 spiro atoms. The molecule has 1 heterocycles. The van der Waals surface area contributed by atoms with Crippen molar-refractivity contribution in [2.75, 3.05) is 13.1 Å². The minimum absolute atomic E-state index is 0. The Labute approximate surface area is 118 Å². The van der Waals surface area contributed by atoms with Crippen molar-refractivity contribution < 1.29 is 0 Å². The Balaban J connectivity index is 0.00000144. The summed E-state index contributed by atoms with van der Waals surface area (Å²) in [6, 6.07) is 7.19. The molecule has 0 saturated carbocycles. The zero-order valence-corrected chi connectivity index (χ0v) is 12.6. The fourth-order valence-corrected chi connectivity index (χ4v) is 2.77. The highest BCUT2D eigenvalue weighted by molar-refractivity contribution is 9.10. The Bertz CT molecular complexity index is 370. The van der Waals surface area contributed by atoms with Crippen molar-refractivity contribution >= 4 is 28.3 Å². The van der Waals surface area contributed by atoms with Gasteiger partial charge < -0.3 is 5.73 Å². The van der Waals surface area contributed by atoms with Crippen molar-refractivity contribution in [3.05, 3.63) is 33.8 Å². The van der Waals surface area contributed by atoms with Crippen LogP contribution in [0.5, 0.6) is 0 Å². The summed E-state index contributed by atoms with van der Waals surface area (Å²) >= 11 is 3.58. The van der Waals surface area contributed by atoms with E-state index in [1.165, 1.54) is 35.0 Å². The standard InChI is InChI=1S/C13H19BrN2.ClH/c1-10-4-5-11(7-13(10)14)9-16-6-2-3-12(16)8-15;/h4-5,7,12H,2-3,6,8-9,15H2,1H3;1H. The fourth-order valence-electron chi connectivity index (χ4n) is 2.34. The molecule has 1 saturated heterocycles. The Hall–Kier alpha value is -0.0900. The molecule has 2 N–H and O–H groups in total. The molecule has 0 radical (unpaired) electrons. The Morgan fingerprint density at radius 2 is 2.24 bits per heavy atom. The number of rotatable bonds is 3. The average Bonchev–Trinajstić information content (AvgIpc) is 2.71. The van der Waals surface area contributed by atoms with Crippen molar-refractivity contribution in [1.29, 1.82) is 0 Å². The second-order valence-electron chi connectivity index (χ2n) is 4.59. The summed E-state index contributed by atoms with van der Waals surface area (Å²) in [5, 5.41) is 0. The van der Waals surface area contributed by atoms with Crippen molar-refractivity contribution in [2.45, 2.75) is 32.4 Å². The van der Waals surface area contributed by atoms with Crippen molar-refractivity contribution in [1.82, 2.24) is 4.90 Å². The Morgan fingerprint density at radius 1 is 1.47 bits per heavy atom. The summed E-state index contributed by atoms with van der Waals surface area (Å²) in [7, 11) is 0. The molecule has 0 amide bonds. The van der Waals surface area contributed by atoms with Gasteiger partial charge in [0.25, 0.3) is 0 Å². The molecule has 0 aromatic heterocycles. The van der Waals surface area contributed by atoms with Crippen LogP contribution in [-0.4, -0.2) is 24.0 Å². The molecule has 17 heavy (non-hydrogen) atoms. The zero-order valence-electron chi connectivity index (χ0n) is 10.2. The predicted molar refractivity (Wildman–Crippen MR) is 78.6 cm³/mol. The molecule has 4 heteroatoms. The maximum absolute atomic E-state index is 5.78. The van der Waals surface area contributed by atoms with Crippen LogP contribution in [-0.2, 0) is 6.54 Å². The van der Waals surface area contributed by atoms with Gasteiger partial charge in [-0.1, -0.05) is 28.1 Å². The van der Waals surface area contributed by atoms with Crippen molar-refractivity contribution in [2.24, 2.45) is 5.73 Å². The van der Waals surface area contributed by atoms with Crippen LogP contribution in [0.25, 0.3) is 0 Å². The fraction of sp³-hybridized carbons (Fsp3) is 0.538. The van der Waals surface area contributed by atoms with Gasteiger partial charge in [-0.25, -0.2) is 0 Å². The van der Waals surface area contributed by atoms with E-state index in [0.717, 1.165) is 13.1 Å². The second-order valence-corrected chi connectivity index (χ2v) is 5.44. The van der Waals surface area contributed by atoms with E-state index < -0.39 is 0 Å². The number of hydrogen-bond acceptors (Lipinski definition) is 2. The molecule has 1 aliphatic heterocycles. The molecule has 0 bridgehead atoms. The molecule has 2 rings (SSSR count). The summed E-state index contributed by atoms with van der Waals surface area (Å²) in [6.45, 7) is 5.12. The summed E-state index contributed by atoms with van der Waals surface area (Å²) in [5.74, 6) is 0. The average molecular weight is 320 g/mol. The van der Waals surface area contributed by atoms with E-state index in [4.69, 9.17) is 5.73 Å². The lowest BCUT2D eigenvalue weighted by atomic mass is 10.1. The summed E-state index contributed by atoms with van der Waals surface area (Å²) in [5.41, 5.74) is 8.45. The van der Waals surface area contributed by atoms with E-state index in [2.05, 4.69) is 46.0 Å². The van der Waals surface area contributed by atoms with Gasteiger partial charge in [-0.2, -0.15) is 0 Å². The van der Waals surface area contributed by atoms with Gasteiger partial charge in [0.1, 0.15) is 0 Å². The number of hydrogen-bond donors (Lipinski definition) is 1. The smallest absolute Gasteiger partial charge is 0.0237 e. The highest BCUT2D eigenvalue weighted by Gasteiger charge is 2.22. The first-order chi connectivity index (χ1) is 7.70. The molecule has 1 aliphatic rings. The molecular weight excluding hydrogens is 300 g/mol. The van der Waals surface area contributed by atoms with Crippen LogP contribution in [0.3, 0.4) is 0 Å². The lowest BCUT2D eigenvalue weighted by molar-refractivity contribution is 0.250. The molecule has 0 aliphatic carbocycles. The van der Waals surface area contributed by atoms with E-state index in [-0.39, 0.29) is 12.4 Å². The first-order valence-electron chi connectivity index (χ1n) is 5.90. The van der Waals surface area contributed by atoms with Crippen LogP contribution in [0.4, 0.5) is 0 Å². The first-order valence-corrected chi connectivity index (χ1v) is 6.69. The number of nitrogens with zero attached hydrogens (tertiary/aromatic N) is 1. The molecule has 1 aromatic rings. The van der Waals surface area contributed by atoms with E-state index in [0.29, 0.717) is 6.04 Å². The van der Waals surface area contributed by atoms with Gasteiger partial charge in [-0.05, 0) is 43.5 Å². The van der Waals surface area contributed by atoms with Crippen molar-refractivity contribution in [3.63, 3.8) is 0 Å². The monoisotopic (exact) mass is 318 g/mol. The third-order valence-electron chi connectivity index (χ3n) is 3.39. The summed E-state index contributed by atoms with van der Waals surface area (Å²) in [6.07, 6.45) is 2.54. The lowest BCUT2D eigenvalue weighted by Crippen LogP contribution is -2.34. The number of aryl methyl sites for hydroxylation is 1. The van der Waals surface area contributed by atoms with Gasteiger partial charge in [-0.3, -0.25) is 4.90 Å². The predicted octanol–water partition coefficient (Wildman–Crippen LogP) is 3.10. The van der Waals surface area contributed by atoms with E-state index >= 15 is 0 Å². The maximum Gasteiger partial charge on any atom is 0.0237 e. The zero-order chi connectivity index (χ0) is 11.5. The third kappa shape index (κ3) is 3.68. The highest BCUT2D eigenvalue weighted by Crippen LogP contribution is 2.22. The van der Waals surface area contributed by atoms with Gasteiger partial charge in [0, 0.05) is 23.6 Å². The number of benzene rings is 1. The molecular formula is C13H20BrClN2. The normalized spacial score (nSPS) is 20.3. The molecule has 1 aromatic carbocycles. The molecule has 1 unspecified atom stereocenters. The van der Waals surface area contributed by atoms with E-state index in [1.807, 2.05) is 0 Å². The van der Waals surface area contributed by atoms with Crippen LogP contribution < -0.4 is 5.73 Å². The number of halogens is 2. The van der Waals surface area contributed by atoms with Crippen LogP contribution in [0.1, 0.15) is 24.0 Å². The van der Waals surface area contributed by atoms with E-state index in [1.54, 1.807) is 0 Å². The first kappa shape index (κ1) is 15.0. The van der Waals surface area contributed by atoms with Gasteiger partial charge in [0.15, 0.2) is 0 Å². The van der Waals surface area contributed by atoms with Crippen LogP contribution in [0, 0.1) is 6.92 Å². The molecule has 1 fully saturated rings. The Kier molecular flexibility index (Phi) is 5.93. The second kappa shape index (κ2) is 6.74. The molecule has 96 valence electrons. The number of likely N-dealkylation sites (tertiary alicyclic amines) is 1. The quantitative estimate of drug-likeness (QED) is 0.927. The number of nitrogens with two attached hydrogens (primary N) is 1. The van der Waals surface area contributed by atoms with Gasteiger partial charge in [0.2, 0.25) is 0 Å². The maximum atomic E-state index is 5.78. The third-order valence-corrected chi connectivity index (χ3v) is 4.25. The van der Waals surface area contributed by atoms with Crippen LogP contribution in [0.15, 0.2) is 22.7 Å². The van der Waals surface area contributed by atoms with Gasteiger partial charge in [0.05, 0.1) is 0 Å². The summed E-state index contributed by atoms with van der Waals surface area (Å²) < 4.78 is 1.20. The lowest BCUT2D eigenvalue weighted by Gasteiger charge is -2.23. The van der Waals surface area contributed by atoms with Crippen LogP contribution in [0.2, 0.25) is 0 Å². The van der Waals surface area contributed by atoms with E-state index in [9.17, 15) is 0 Å². The highest BCUT2D eigenvalue weighted by atomic mass is 79.9. The van der Waals surface area contributed by atoms with Crippen LogP contribution >= 0.6 is 28.3 Å². The molecule has 2 nitrogen and oxygen atoms in total. The molecule has 1 atom stereocenters.